The van der Waals surface area contributed by atoms with Crippen LogP contribution < -0.4 is 11.1 Å². The van der Waals surface area contributed by atoms with E-state index >= 15 is 0 Å². The highest BCUT2D eigenvalue weighted by Crippen LogP contribution is 2.34. The van der Waals surface area contributed by atoms with Gasteiger partial charge >= 0.3 is 0 Å². The summed E-state index contributed by atoms with van der Waals surface area (Å²) in [7, 11) is 4.16. The van der Waals surface area contributed by atoms with E-state index in [4.69, 9.17) is 5.73 Å². The fourth-order valence-corrected chi connectivity index (χ4v) is 2.60. The largest absolute Gasteiger partial charge is 0.382 e. The molecule has 16 heavy (non-hydrogen) atoms. The number of thioether (sulfide) groups is 1. The number of likely N-dealkylation sites (N-methyl/N-ethyl adjacent to an activating group) is 1. The van der Waals surface area contributed by atoms with E-state index in [0.29, 0.717) is 5.82 Å². The fourth-order valence-electron chi connectivity index (χ4n) is 1.06. The van der Waals surface area contributed by atoms with Gasteiger partial charge in [0.05, 0.1) is 4.90 Å². The van der Waals surface area contributed by atoms with Gasteiger partial charge in [0.15, 0.2) is 5.82 Å². The van der Waals surface area contributed by atoms with Gasteiger partial charge in [-0.15, -0.1) is 11.8 Å². The van der Waals surface area contributed by atoms with Gasteiger partial charge in [-0.05, 0) is 45.7 Å². The van der Waals surface area contributed by atoms with Gasteiger partial charge in [-0.25, -0.2) is 0 Å². The average molecular weight is 260 g/mol. The van der Waals surface area contributed by atoms with E-state index in [1.807, 2.05) is 6.26 Å². The van der Waals surface area contributed by atoms with E-state index in [0.717, 1.165) is 16.4 Å². The second kappa shape index (κ2) is 5.25. The summed E-state index contributed by atoms with van der Waals surface area (Å²) >= 11 is 3.06. The van der Waals surface area contributed by atoms with Crippen LogP contribution in [0.1, 0.15) is 13.8 Å². The summed E-state index contributed by atoms with van der Waals surface area (Å²) in [5, 5.41) is 4.49. The third-order valence-corrected chi connectivity index (χ3v) is 4.54. The van der Waals surface area contributed by atoms with Crippen LogP contribution >= 0.6 is 23.3 Å². The molecule has 0 aliphatic rings. The number of nitrogens with zero attached hydrogens (tertiary/aromatic N) is 2. The Labute approximate surface area is 106 Å². The number of rotatable bonds is 5. The summed E-state index contributed by atoms with van der Waals surface area (Å²) in [6.07, 6.45) is 2.02. The van der Waals surface area contributed by atoms with Crippen molar-refractivity contribution < 1.29 is 0 Å². The normalized spacial score (nSPS) is 12.1. The zero-order valence-electron chi connectivity index (χ0n) is 10.5. The number of nitrogen functional groups attached to an aromatic ring is 1. The molecule has 4 nitrogen and oxygen atoms in total. The molecular formula is C10H20N4S2. The minimum absolute atomic E-state index is 0.106. The van der Waals surface area contributed by atoms with Crippen molar-refractivity contribution in [3.8, 4) is 0 Å². The monoisotopic (exact) mass is 260 g/mol. The smallest absolute Gasteiger partial charge is 0.153 e. The zero-order valence-corrected chi connectivity index (χ0v) is 12.1. The number of anilines is 2. The lowest BCUT2D eigenvalue weighted by molar-refractivity contribution is 0.210. The van der Waals surface area contributed by atoms with Crippen molar-refractivity contribution in [2.75, 3.05) is 37.9 Å². The van der Waals surface area contributed by atoms with Crippen LogP contribution in [-0.4, -0.2) is 41.7 Å². The van der Waals surface area contributed by atoms with E-state index in [1.165, 1.54) is 11.5 Å². The molecule has 0 saturated heterocycles. The number of nitrogens with one attached hydrogen (secondary N) is 1. The van der Waals surface area contributed by atoms with Gasteiger partial charge in [0.1, 0.15) is 5.00 Å². The molecule has 92 valence electrons. The van der Waals surface area contributed by atoms with E-state index in [-0.39, 0.29) is 5.54 Å². The molecule has 1 aromatic rings. The summed E-state index contributed by atoms with van der Waals surface area (Å²) in [4.78, 5) is 3.25. The van der Waals surface area contributed by atoms with Gasteiger partial charge in [-0.2, -0.15) is 4.37 Å². The summed E-state index contributed by atoms with van der Waals surface area (Å²) in [5.74, 6) is 0.627. The van der Waals surface area contributed by atoms with Crippen molar-refractivity contribution >= 4 is 34.1 Å². The van der Waals surface area contributed by atoms with E-state index < -0.39 is 0 Å². The summed E-state index contributed by atoms with van der Waals surface area (Å²) in [6, 6.07) is 0. The van der Waals surface area contributed by atoms with Crippen LogP contribution in [-0.2, 0) is 0 Å². The van der Waals surface area contributed by atoms with Crippen molar-refractivity contribution in [1.82, 2.24) is 9.27 Å². The third kappa shape index (κ3) is 3.02. The SMILES string of the molecule is CSc1c(N)nsc1NCC(C)(C)N(C)C. The van der Waals surface area contributed by atoms with Gasteiger partial charge in [-0.3, -0.25) is 0 Å². The highest BCUT2D eigenvalue weighted by atomic mass is 32.2. The van der Waals surface area contributed by atoms with Crippen molar-refractivity contribution in [3.63, 3.8) is 0 Å². The van der Waals surface area contributed by atoms with Gasteiger partial charge in [0, 0.05) is 12.1 Å². The molecule has 0 unspecified atom stereocenters. The summed E-state index contributed by atoms with van der Waals surface area (Å²) < 4.78 is 4.16. The average Bonchev–Trinajstić information content (AvgIpc) is 2.56. The zero-order chi connectivity index (χ0) is 12.3. The maximum atomic E-state index is 5.78. The van der Waals surface area contributed by atoms with Crippen LogP contribution in [0.4, 0.5) is 10.8 Å². The standard InChI is InChI=1S/C10H20N4S2/c1-10(2,14(3)4)6-12-9-7(15-5)8(11)13-16-9/h12H,6H2,1-5H3,(H2,11,13). The summed E-state index contributed by atoms with van der Waals surface area (Å²) in [5.41, 5.74) is 5.88. The predicted octanol–water partition coefficient (Wildman–Crippen LogP) is 2.20. The topological polar surface area (TPSA) is 54.2 Å². The maximum absolute atomic E-state index is 5.78. The van der Waals surface area contributed by atoms with Crippen LogP contribution in [0.2, 0.25) is 0 Å². The summed E-state index contributed by atoms with van der Waals surface area (Å²) in [6.45, 7) is 5.27. The molecular weight excluding hydrogens is 240 g/mol. The molecule has 1 heterocycles. The van der Waals surface area contributed by atoms with E-state index in [1.54, 1.807) is 11.8 Å². The number of aromatic nitrogens is 1. The lowest BCUT2D eigenvalue weighted by Gasteiger charge is -2.32. The van der Waals surface area contributed by atoms with Crippen LogP contribution in [0.5, 0.6) is 0 Å². The molecule has 1 rings (SSSR count). The molecule has 0 fully saturated rings. The van der Waals surface area contributed by atoms with Gasteiger partial charge in [0.2, 0.25) is 0 Å². The second-order valence-corrected chi connectivity index (χ2v) is 6.08. The predicted molar refractivity (Wildman–Crippen MR) is 74.6 cm³/mol. The highest BCUT2D eigenvalue weighted by molar-refractivity contribution is 7.99. The Morgan fingerprint density at radius 1 is 1.50 bits per heavy atom. The molecule has 0 atom stereocenters. The Morgan fingerprint density at radius 3 is 2.62 bits per heavy atom. The molecule has 0 amide bonds. The van der Waals surface area contributed by atoms with Crippen LogP contribution in [0.15, 0.2) is 4.90 Å². The van der Waals surface area contributed by atoms with Crippen LogP contribution in [0.25, 0.3) is 0 Å². The van der Waals surface area contributed by atoms with Crippen LogP contribution in [0.3, 0.4) is 0 Å². The minimum atomic E-state index is 0.106. The number of hydrogen-bond acceptors (Lipinski definition) is 6. The first-order valence-electron chi connectivity index (χ1n) is 5.09. The molecule has 1 aromatic heterocycles. The molecule has 0 aliphatic carbocycles. The van der Waals surface area contributed by atoms with Gasteiger partial charge in [0.25, 0.3) is 0 Å². The molecule has 0 saturated carbocycles. The molecule has 0 radical (unpaired) electrons. The van der Waals surface area contributed by atoms with Crippen molar-refractivity contribution in [1.29, 1.82) is 0 Å². The Bertz CT molecular complexity index is 347. The lowest BCUT2D eigenvalue weighted by atomic mass is 10.0. The maximum Gasteiger partial charge on any atom is 0.153 e. The highest BCUT2D eigenvalue weighted by Gasteiger charge is 2.21. The van der Waals surface area contributed by atoms with E-state index in [9.17, 15) is 0 Å². The number of hydrogen-bond donors (Lipinski definition) is 2. The molecule has 3 N–H and O–H groups in total. The van der Waals surface area contributed by atoms with Gasteiger partial charge in [-0.1, -0.05) is 0 Å². The first-order valence-corrected chi connectivity index (χ1v) is 7.08. The Kier molecular flexibility index (Phi) is 4.46. The van der Waals surface area contributed by atoms with Gasteiger partial charge < -0.3 is 16.0 Å². The Morgan fingerprint density at radius 2 is 2.12 bits per heavy atom. The van der Waals surface area contributed by atoms with Crippen molar-refractivity contribution in [2.24, 2.45) is 0 Å². The Hall–Kier alpha value is -0.460. The Balaban J connectivity index is 2.68. The first-order chi connectivity index (χ1) is 7.38. The molecule has 0 spiro atoms. The second-order valence-electron chi connectivity index (χ2n) is 4.49. The van der Waals surface area contributed by atoms with Crippen LogP contribution in [0, 0.1) is 0 Å². The minimum Gasteiger partial charge on any atom is -0.382 e. The number of nitrogens with two attached hydrogens (primary N) is 1. The molecule has 0 bridgehead atoms. The van der Waals surface area contributed by atoms with E-state index in [2.05, 4.69) is 42.5 Å². The third-order valence-electron chi connectivity index (χ3n) is 2.77. The quantitative estimate of drug-likeness (QED) is 0.795. The molecule has 6 heteroatoms. The first kappa shape index (κ1) is 13.6. The van der Waals surface area contributed by atoms with Crippen molar-refractivity contribution in [3.05, 3.63) is 0 Å². The lowest BCUT2D eigenvalue weighted by Crippen LogP contribution is -2.44. The van der Waals surface area contributed by atoms with Crippen molar-refractivity contribution in [2.45, 2.75) is 24.3 Å². The molecule has 0 aliphatic heterocycles. The fraction of sp³-hybridized carbons (Fsp3) is 0.700. The molecule has 0 aromatic carbocycles.